The summed E-state index contributed by atoms with van der Waals surface area (Å²) in [6.45, 7) is 0. The molecule has 82 valence electrons. The molecule has 0 bridgehead atoms. The van der Waals surface area contributed by atoms with Gasteiger partial charge in [0.25, 0.3) is 0 Å². The van der Waals surface area contributed by atoms with E-state index in [0.717, 1.165) is 11.4 Å². The number of nitrogens with zero attached hydrogens (tertiary/aromatic N) is 3. The molecule has 0 atom stereocenters. The van der Waals surface area contributed by atoms with Crippen molar-refractivity contribution in [1.82, 2.24) is 9.97 Å². The Hall–Kier alpha value is -1.61. The Kier molecular flexibility index (Phi) is 3.06. The third kappa shape index (κ3) is 2.31. The lowest BCUT2D eigenvalue weighted by Gasteiger charge is -2.12. The molecule has 0 fully saturated rings. The number of anilines is 1. The van der Waals surface area contributed by atoms with Gasteiger partial charge < -0.3 is 4.90 Å². The maximum Gasteiger partial charge on any atom is 0.163 e. The SMILES string of the molecule is CN(C)c1cc(Cl)nc(-c2ccccc2)n1. The highest BCUT2D eigenvalue weighted by atomic mass is 35.5. The molecule has 0 spiro atoms. The van der Waals surface area contributed by atoms with E-state index in [-0.39, 0.29) is 0 Å². The Morgan fingerprint density at radius 2 is 1.75 bits per heavy atom. The van der Waals surface area contributed by atoms with Gasteiger partial charge in [0, 0.05) is 25.7 Å². The molecule has 2 rings (SSSR count). The van der Waals surface area contributed by atoms with Crippen LogP contribution in [0.5, 0.6) is 0 Å². The van der Waals surface area contributed by atoms with E-state index < -0.39 is 0 Å². The van der Waals surface area contributed by atoms with Crippen molar-refractivity contribution in [3.63, 3.8) is 0 Å². The molecule has 1 aromatic carbocycles. The van der Waals surface area contributed by atoms with Gasteiger partial charge in [-0.2, -0.15) is 0 Å². The molecule has 0 aliphatic carbocycles. The maximum absolute atomic E-state index is 5.97. The van der Waals surface area contributed by atoms with Crippen molar-refractivity contribution in [2.75, 3.05) is 19.0 Å². The minimum atomic E-state index is 0.456. The highest BCUT2D eigenvalue weighted by molar-refractivity contribution is 6.29. The fraction of sp³-hybridized carbons (Fsp3) is 0.167. The molecule has 0 saturated carbocycles. The summed E-state index contributed by atoms with van der Waals surface area (Å²) in [6.07, 6.45) is 0. The van der Waals surface area contributed by atoms with Gasteiger partial charge in [0.2, 0.25) is 0 Å². The van der Waals surface area contributed by atoms with Crippen molar-refractivity contribution in [1.29, 1.82) is 0 Å². The van der Waals surface area contributed by atoms with E-state index in [2.05, 4.69) is 9.97 Å². The molecule has 0 saturated heterocycles. The molecule has 1 aromatic heterocycles. The molecule has 0 aliphatic rings. The first-order valence-electron chi connectivity index (χ1n) is 4.94. The standard InChI is InChI=1S/C12H12ClN3/c1-16(2)11-8-10(13)14-12(15-11)9-6-4-3-5-7-9/h3-8H,1-2H3. The van der Waals surface area contributed by atoms with Crippen LogP contribution in [0.4, 0.5) is 5.82 Å². The predicted molar refractivity (Wildman–Crippen MR) is 66.8 cm³/mol. The number of hydrogen-bond acceptors (Lipinski definition) is 3. The Morgan fingerprint density at radius 3 is 2.38 bits per heavy atom. The van der Waals surface area contributed by atoms with Crippen LogP contribution >= 0.6 is 11.6 Å². The molecule has 2 aromatic rings. The van der Waals surface area contributed by atoms with Crippen molar-refractivity contribution in [2.45, 2.75) is 0 Å². The Bertz CT molecular complexity index is 483. The van der Waals surface area contributed by atoms with Crippen molar-refractivity contribution < 1.29 is 0 Å². The fourth-order valence-corrected chi connectivity index (χ4v) is 1.53. The molecular weight excluding hydrogens is 222 g/mol. The van der Waals surface area contributed by atoms with Gasteiger partial charge in [-0.05, 0) is 0 Å². The van der Waals surface area contributed by atoms with Crippen molar-refractivity contribution in [3.05, 3.63) is 41.6 Å². The van der Waals surface area contributed by atoms with E-state index in [1.165, 1.54) is 0 Å². The highest BCUT2D eigenvalue weighted by Crippen LogP contribution is 2.20. The van der Waals surface area contributed by atoms with Crippen molar-refractivity contribution in [2.24, 2.45) is 0 Å². The smallest absolute Gasteiger partial charge is 0.163 e. The second kappa shape index (κ2) is 4.49. The average Bonchev–Trinajstić information content (AvgIpc) is 2.29. The fourth-order valence-electron chi connectivity index (χ4n) is 1.35. The van der Waals surface area contributed by atoms with Crippen LogP contribution in [0.15, 0.2) is 36.4 Å². The monoisotopic (exact) mass is 233 g/mol. The second-order valence-corrected chi connectivity index (χ2v) is 4.02. The molecule has 0 unspecified atom stereocenters. The molecule has 4 heteroatoms. The molecule has 0 aliphatic heterocycles. The summed E-state index contributed by atoms with van der Waals surface area (Å²) in [7, 11) is 3.85. The molecule has 16 heavy (non-hydrogen) atoms. The highest BCUT2D eigenvalue weighted by Gasteiger charge is 2.06. The normalized spacial score (nSPS) is 10.2. The molecular formula is C12H12ClN3. The lowest BCUT2D eigenvalue weighted by Crippen LogP contribution is -2.11. The predicted octanol–water partition coefficient (Wildman–Crippen LogP) is 2.86. The zero-order chi connectivity index (χ0) is 11.5. The van der Waals surface area contributed by atoms with Crippen LogP contribution in [0, 0.1) is 0 Å². The third-order valence-electron chi connectivity index (χ3n) is 2.17. The second-order valence-electron chi connectivity index (χ2n) is 3.63. The van der Waals surface area contributed by atoms with Gasteiger partial charge in [0.1, 0.15) is 11.0 Å². The largest absolute Gasteiger partial charge is 0.363 e. The summed E-state index contributed by atoms with van der Waals surface area (Å²) >= 11 is 5.97. The minimum absolute atomic E-state index is 0.456. The molecule has 0 radical (unpaired) electrons. The van der Waals surface area contributed by atoms with Crippen molar-refractivity contribution in [3.8, 4) is 11.4 Å². The van der Waals surface area contributed by atoms with Crippen LogP contribution in [0.2, 0.25) is 5.15 Å². The third-order valence-corrected chi connectivity index (χ3v) is 2.37. The molecule has 0 N–H and O–H groups in total. The first-order valence-corrected chi connectivity index (χ1v) is 5.32. The number of hydrogen-bond donors (Lipinski definition) is 0. The molecule has 0 amide bonds. The first kappa shape index (κ1) is 10.9. The summed E-state index contributed by atoms with van der Waals surface area (Å²) < 4.78 is 0. The zero-order valence-corrected chi connectivity index (χ0v) is 9.94. The summed E-state index contributed by atoms with van der Waals surface area (Å²) in [5.41, 5.74) is 0.966. The molecule has 3 nitrogen and oxygen atoms in total. The summed E-state index contributed by atoms with van der Waals surface area (Å²) in [6, 6.07) is 11.5. The number of halogens is 1. The zero-order valence-electron chi connectivity index (χ0n) is 9.18. The maximum atomic E-state index is 5.97. The quantitative estimate of drug-likeness (QED) is 0.747. The summed E-state index contributed by atoms with van der Waals surface area (Å²) in [4.78, 5) is 10.6. The van der Waals surface area contributed by atoms with Gasteiger partial charge in [-0.15, -0.1) is 0 Å². The summed E-state index contributed by atoms with van der Waals surface area (Å²) in [5.74, 6) is 1.45. The van der Waals surface area contributed by atoms with E-state index in [1.54, 1.807) is 6.07 Å². The van der Waals surface area contributed by atoms with Crippen LogP contribution in [-0.4, -0.2) is 24.1 Å². The number of aromatic nitrogens is 2. The lowest BCUT2D eigenvalue weighted by atomic mass is 10.2. The van der Waals surface area contributed by atoms with E-state index in [0.29, 0.717) is 11.0 Å². The van der Waals surface area contributed by atoms with Gasteiger partial charge >= 0.3 is 0 Å². The van der Waals surface area contributed by atoms with E-state index in [1.807, 2.05) is 49.3 Å². The van der Waals surface area contributed by atoms with Crippen molar-refractivity contribution >= 4 is 17.4 Å². The number of benzene rings is 1. The van der Waals surface area contributed by atoms with Gasteiger partial charge in [-0.1, -0.05) is 41.9 Å². The van der Waals surface area contributed by atoms with Gasteiger partial charge in [0.15, 0.2) is 5.82 Å². The van der Waals surface area contributed by atoms with Gasteiger partial charge in [0.05, 0.1) is 0 Å². The van der Waals surface area contributed by atoms with Gasteiger partial charge in [-0.25, -0.2) is 9.97 Å². The van der Waals surface area contributed by atoms with Crippen LogP contribution < -0.4 is 4.90 Å². The first-order chi connectivity index (χ1) is 7.66. The Labute approximate surface area is 99.7 Å². The van der Waals surface area contributed by atoms with E-state index in [4.69, 9.17) is 11.6 Å². The van der Waals surface area contributed by atoms with E-state index >= 15 is 0 Å². The van der Waals surface area contributed by atoms with Crippen LogP contribution in [0.1, 0.15) is 0 Å². The lowest BCUT2D eigenvalue weighted by molar-refractivity contribution is 1.04. The van der Waals surface area contributed by atoms with E-state index in [9.17, 15) is 0 Å². The Balaban J connectivity index is 2.50. The summed E-state index contributed by atoms with van der Waals surface area (Å²) in [5, 5.41) is 0.456. The topological polar surface area (TPSA) is 29.0 Å². The van der Waals surface area contributed by atoms with Crippen LogP contribution in [-0.2, 0) is 0 Å². The van der Waals surface area contributed by atoms with Crippen LogP contribution in [0.25, 0.3) is 11.4 Å². The van der Waals surface area contributed by atoms with Gasteiger partial charge in [-0.3, -0.25) is 0 Å². The average molecular weight is 234 g/mol. The molecule has 1 heterocycles. The number of rotatable bonds is 2. The minimum Gasteiger partial charge on any atom is -0.363 e. The Morgan fingerprint density at radius 1 is 1.06 bits per heavy atom. The van der Waals surface area contributed by atoms with Crippen LogP contribution in [0.3, 0.4) is 0 Å².